The summed E-state index contributed by atoms with van der Waals surface area (Å²) in [6, 6.07) is 6.81. The second kappa shape index (κ2) is 8.52. The van der Waals surface area contributed by atoms with Crippen LogP contribution in [0.5, 0.6) is 0 Å². The van der Waals surface area contributed by atoms with Crippen LogP contribution in [0.15, 0.2) is 48.8 Å². The number of halogens is 2. The fourth-order valence-electron chi connectivity index (χ4n) is 1.85. The van der Waals surface area contributed by atoms with Crippen molar-refractivity contribution in [3.63, 3.8) is 0 Å². The van der Waals surface area contributed by atoms with Gasteiger partial charge in [0, 0.05) is 30.8 Å². The molecule has 0 atom stereocenters. The molecule has 0 fully saturated rings. The number of rotatable bonds is 6. The number of carbonyl (C=O) groups excluding carboxylic acids is 2. The SMILES string of the molecule is O=C(/C=C/c1c(F)cccc1F)NCCC(=O)Nc1cccnc1. The monoisotopic (exact) mass is 331 g/mol. The van der Waals surface area contributed by atoms with Crippen LogP contribution in [0.1, 0.15) is 12.0 Å². The predicted octanol–water partition coefficient (Wildman–Crippen LogP) is 2.52. The Balaban J connectivity index is 1.77. The van der Waals surface area contributed by atoms with Gasteiger partial charge in [-0.2, -0.15) is 0 Å². The summed E-state index contributed by atoms with van der Waals surface area (Å²) in [5, 5.41) is 5.08. The summed E-state index contributed by atoms with van der Waals surface area (Å²) in [7, 11) is 0. The minimum atomic E-state index is -0.755. The summed E-state index contributed by atoms with van der Waals surface area (Å²) >= 11 is 0. The quantitative estimate of drug-likeness (QED) is 0.799. The molecule has 0 aliphatic carbocycles. The Hall–Kier alpha value is -3.09. The Kier molecular flexibility index (Phi) is 6.13. The van der Waals surface area contributed by atoms with Gasteiger partial charge in [-0.3, -0.25) is 14.6 Å². The van der Waals surface area contributed by atoms with Crippen molar-refractivity contribution in [1.29, 1.82) is 0 Å². The minimum Gasteiger partial charge on any atom is -0.352 e. The molecular formula is C17H15F2N3O2. The van der Waals surface area contributed by atoms with Crippen LogP contribution in [-0.2, 0) is 9.59 Å². The summed E-state index contributed by atoms with van der Waals surface area (Å²) in [5.41, 5.74) is 0.269. The molecule has 0 radical (unpaired) electrons. The summed E-state index contributed by atoms with van der Waals surface area (Å²) < 4.78 is 26.8. The lowest BCUT2D eigenvalue weighted by Crippen LogP contribution is -2.26. The van der Waals surface area contributed by atoms with Gasteiger partial charge in [0.15, 0.2) is 0 Å². The first-order valence-corrected chi connectivity index (χ1v) is 7.16. The third-order valence-electron chi connectivity index (χ3n) is 3.00. The molecule has 1 heterocycles. The van der Waals surface area contributed by atoms with Gasteiger partial charge in [-0.15, -0.1) is 0 Å². The molecular weight excluding hydrogens is 316 g/mol. The molecule has 2 rings (SSSR count). The molecule has 124 valence electrons. The average molecular weight is 331 g/mol. The number of carbonyl (C=O) groups is 2. The minimum absolute atomic E-state index is 0.0581. The molecule has 0 aliphatic rings. The van der Waals surface area contributed by atoms with E-state index in [0.29, 0.717) is 5.69 Å². The summed E-state index contributed by atoms with van der Waals surface area (Å²) in [6.45, 7) is 0.0923. The largest absolute Gasteiger partial charge is 0.352 e. The Morgan fingerprint density at radius 3 is 2.54 bits per heavy atom. The molecule has 0 unspecified atom stereocenters. The first-order chi connectivity index (χ1) is 11.6. The van der Waals surface area contributed by atoms with Crippen molar-refractivity contribution >= 4 is 23.6 Å². The van der Waals surface area contributed by atoms with Crippen molar-refractivity contribution < 1.29 is 18.4 Å². The number of hydrogen-bond donors (Lipinski definition) is 2. The predicted molar refractivity (Wildman–Crippen MR) is 85.9 cm³/mol. The van der Waals surface area contributed by atoms with Gasteiger partial charge in [0.2, 0.25) is 11.8 Å². The third kappa shape index (κ3) is 5.28. The van der Waals surface area contributed by atoms with Crippen molar-refractivity contribution in [1.82, 2.24) is 10.3 Å². The van der Waals surface area contributed by atoms with E-state index in [1.165, 1.54) is 12.3 Å². The molecule has 5 nitrogen and oxygen atoms in total. The molecule has 7 heteroatoms. The molecule has 1 aromatic heterocycles. The van der Waals surface area contributed by atoms with E-state index in [1.807, 2.05) is 0 Å². The molecule has 24 heavy (non-hydrogen) atoms. The summed E-state index contributed by atoms with van der Waals surface area (Å²) in [4.78, 5) is 27.1. The van der Waals surface area contributed by atoms with E-state index < -0.39 is 17.5 Å². The average Bonchev–Trinajstić information content (AvgIpc) is 2.55. The van der Waals surface area contributed by atoms with E-state index in [4.69, 9.17) is 0 Å². The van der Waals surface area contributed by atoms with E-state index in [9.17, 15) is 18.4 Å². The van der Waals surface area contributed by atoms with Gasteiger partial charge < -0.3 is 10.6 Å². The topological polar surface area (TPSA) is 71.1 Å². The normalized spacial score (nSPS) is 10.6. The van der Waals surface area contributed by atoms with Crippen LogP contribution in [0.4, 0.5) is 14.5 Å². The molecule has 0 aliphatic heterocycles. The van der Waals surface area contributed by atoms with Crippen LogP contribution in [0.3, 0.4) is 0 Å². The molecule has 0 spiro atoms. The van der Waals surface area contributed by atoms with Crippen LogP contribution in [0, 0.1) is 11.6 Å². The van der Waals surface area contributed by atoms with Crippen molar-refractivity contribution in [2.75, 3.05) is 11.9 Å². The lowest BCUT2D eigenvalue weighted by Gasteiger charge is -2.05. The molecule has 1 aromatic carbocycles. The van der Waals surface area contributed by atoms with Crippen LogP contribution < -0.4 is 10.6 Å². The first kappa shape index (κ1) is 17.3. The highest BCUT2D eigenvalue weighted by Gasteiger charge is 2.06. The highest BCUT2D eigenvalue weighted by atomic mass is 19.1. The van der Waals surface area contributed by atoms with E-state index in [1.54, 1.807) is 18.3 Å². The Bertz CT molecular complexity index is 729. The fourth-order valence-corrected chi connectivity index (χ4v) is 1.85. The Labute approximate surface area is 137 Å². The van der Waals surface area contributed by atoms with Crippen molar-refractivity contribution in [2.24, 2.45) is 0 Å². The molecule has 0 saturated carbocycles. The number of amides is 2. The molecule has 0 bridgehead atoms. The maximum absolute atomic E-state index is 13.4. The van der Waals surface area contributed by atoms with E-state index in [-0.39, 0.29) is 24.4 Å². The van der Waals surface area contributed by atoms with Gasteiger partial charge in [-0.1, -0.05) is 6.07 Å². The fraction of sp³-hybridized carbons (Fsp3) is 0.118. The first-order valence-electron chi connectivity index (χ1n) is 7.16. The van der Waals surface area contributed by atoms with Crippen LogP contribution >= 0.6 is 0 Å². The summed E-state index contributed by atoms with van der Waals surface area (Å²) in [5.74, 6) is -2.34. The van der Waals surface area contributed by atoms with Gasteiger partial charge in [0.05, 0.1) is 11.9 Å². The smallest absolute Gasteiger partial charge is 0.244 e. The van der Waals surface area contributed by atoms with Crippen LogP contribution in [0.25, 0.3) is 6.08 Å². The van der Waals surface area contributed by atoms with E-state index >= 15 is 0 Å². The highest BCUT2D eigenvalue weighted by molar-refractivity contribution is 5.93. The lowest BCUT2D eigenvalue weighted by molar-refractivity contribution is -0.117. The van der Waals surface area contributed by atoms with Gasteiger partial charge in [0.1, 0.15) is 11.6 Å². The Morgan fingerprint density at radius 1 is 1.12 bits per heavy atom. The van der Waals surface area contributed by atoms with Gasteiger partial charge in [-0.05, 0) is 30.3 Å². The van der Waals surface area contributed by atoms with Crippen LogP contribution in [0.2, 0.25) is 0 Å². The molecule has 2 amide bonds. The van der Waals surface area contributed by atoms with Gasteiger partial charge in [-0.25, -0.2) is 8.78 Å². The molecule has 2 N–H and O–H groups in total. The Morgan fingerprint density at radius 2 is 1.88 bits per heavy atom. The zero-order valence-electron chi connectivity index (χ0n) is 12.6. The van der Waals surface area contributed by atoms with Gasteiger partial charge >= 0.3 is 0 Å². The zero-order valence-corrected chi connectivity index (χ0v) is 12.6. The second-order valence-corrected chi connectivity index (χ2v) is 4.80. The van der Waals surface area contributed by atoms with Crippen molar-refractivity contribution in [3.05, 3.63) is 66.0 Å². The van der Waals surface area contributed by atoms with E-state index in [0.717, 1.165) is 24.3 Å². The summed E-state index contributed by atoms with van der Waals surface area (Å²) in [6.07, 6.45) is 5.21. The van der Waals surface area contributed by atoms with Crippen molar-refractivity contribution in [3.8, 4) is 0 Å². The maximum Gasteiger partial charge on any atom is 0.244 e. The maximum atomic E-state index is 13.4. The number of pyridine rings is 1. The third-order valence-corrected chi connectivity index (χ3v) is 3.00. The zero-order chi connectivity index (χ0) is 17.4. The number of aromatic nitrogens is 1. The highest BCUT2D eigenvalue weighted by Crippen LogP contribution is 2.13. The lowest BCUT2D eigenvalue weighted by atomic mass is 10.2. The van der Waals surface area contributed by atoms with Crippen molar-refractivity contribution in [2.45, 2.75) is 6.42 Å². The number of nitrogens with one attached hydrogen (secondary N) is 2. The molecule has 2 aromatic rings. The molecule has 0 saturated heterocycles. The van der Waals surface area contributed by atoms with Gasteiger partial charge in [0.25, 0.3) is 0 Å². The number of nitrogens with zero attached hydrogens (tertiary/aromatic N) is 1. The van der Waals surface area contributed by atoms with E-state index in [2.05, 4.69) is 15.6 Å². The number of hydrogen-bond acceptors (Lipinski definition) is 3. The van der Waals surface area contributed by atoms with Crippen LogP contribution in [-0.4, -0.2) is 23.3 Å². The number of anilines is 1. The number of benzene rings is 1. The standard InChI is InChI=1S/C17H15F2N3O2/c18-14-4-1-5-15(19)13(14)6-7-16(23)21-10-8-17(24)22-12-3-2-9-20-11-12/h1-7,9,11H,8,10H2,(H,21,23)(H,22,24)/b7-6+. The second-order valence-electron chi connectivity index (χ2n) is 4.80.